The molecule has 0 radical (unpaired) electrons. The van der Waals surface area contributed by atoms with Crippen LogP contribution in [0.1, 0.15) is 24.4 Å². The largest absolute Gasteiger partial charge is 0.355 e. The molecule has 1 N–H and O–H groups in total. The van der Waals surface area contributed by atoms with Gasteiger partial charge < -0.3 is 14.7 Å². The molecule has 1 aliphatic heterocycles. The van der Waals surface area contributed by atoms with Gasteiger partial charge in [0.1, 0.15) is 6.29 Å². The molecule has 1 saturated heterocycles. The van der Waals surface area contributed by atoms with E-state index >= 15 is 0 Å². The molecule has 1 aliphatic rings. The summed E-state index contributed by atoms with van der Waals surface area (Å²) in [7, 11) is 0. The molecule has 2 unspecified atom stereocenters. The Balaban J connectivity index is 1.78. The molecule has 2 atom stereocenters. The van der Waals surface area contributed by atoms with E-state index in [9.17, 15) is 4.79 Å². The van der Waals surface area contributed by atoms with Crippen LogP contribution in [-0.4, -0.2) is 22.3 Å². The number of rotatable bonds is 3. The zero-order valence-electron chi connectivity index (χ0n) is 12.1. The molecule has 110 valence electrons. The Hall–Kier alpha value is -2.62. The number of benzene rings is 2. The number of fused-ring (bicyclic) bond motifs is 1. The van der Waals surface area contributed by atoms with Gasteiger partial charge in [0.2, 0.25) is 0 Å². The van der Waals surface area contributed by atoms with Crippen molar-refractivity contribution in [1.29, 1.82) is 0 Å². The summed E-state index contributed by atoms with van der Waals surface area (Å²) >= 11 is 0. The average molecular weight is 291 g/mol. The number of H-pyrrole nitrogens is 1. The quantitative estimate of drug-likeness (QED) is 0.752. The summed E-state index contributed by atoms with van der Waals surface area (Å²) in [6.45, 7) is 0. The maximum absolute atomic E-state index is 11.5. The van der Waals surface area contributed by atoms with Gasteiger partial charge in [-0.2, -0.15) is 0 Å². The third-order valence-electron chi connectivity index (χ3n) is 4.47. The van der Waals surface area contributed by atoms with Gasteiger partial charge in [-0.3, -0.25) is 0 Å². The molecule has 1 aromatic heterocycles. The second kappa shape index (κ2) is 5.30. The van der Waals surface area contributed by atoms with Crippen molar-refractivity contribution in [2.24, 2.45) is 0 Å². The predicted octanol–water partition coefficient (Wildman–Crippen LogP) is 3.47. The van der Waals surface area contributed by atoms with E-state index in [1.807, 2.05) is 12.1 Å². The van der Waals surface area contributed by atoms with Crippen LogP contribution in [0.4, 0.5) is 5.69 Å². The van der Waals surface area contributed by atoms with Crippen LogP contribution in [0.5, 0.6) is 0 Å². The van der Waals surface area contributed by atoms with E-state index in [2.05, 4.69) is 51.3 Å². The minimum atomic E-state index is -0.0643. The van der Waals surface area contributed by atoms with Crippen molar-refractivity contribution in [3.8, 4) is 0 Å². The van der Waals surface area contributed by atoms with E-state index in [4.69, 9.17) is 0 Å². The molecule has 0 amide bonds. The smallest absolute Gasteiger partial charge is 0.142 e. The van der Waals surface area contributed by atoms with Gasteiger partial charge in [0.25, 0.3) is 0 Å². The topological polar surface area (TPSA) is 49.0 Å². The van der Waals surface area contributed by atoms with Crippen LogP contribution in [0.2, 0.25) is 0 Å². The third kappa shape index (κ3) is 2.08. The minimum absolute atomic E-state index is 0.0643. The first-order valence-electron chi connectivity index (χ1n) is 7.58. The lowest BCUT2D eigenvalue weighted by molar-refractivity contribution is -0.108. The monoisotopic (exact) mass is 291 g/mol. The van der Waals surface area contributed by atoms with E-state index in [-0.39, 0.29) is 12.1 Å². The molecule has 0 bridgehead atoms. The van der Waals surface area contributed by atoms with Crippen LogP contribution in [0.25, 0.3) is 11.0 Å². The zero-order chi connectivity index (χ0) is 14.9. The lowest BCUT2D eigenvalue weighted by atomic mass is 10.0. The van der Waals surface area contributed by atoms with Gasteiger partial charge in [0, 0.05) is 5.69 Å². The van der Waals surface area contributed by atoms with Crippen LogP contribution in [0, 0.1) is 0 Å². The Kier molecular flexibility index (Phi) is 3.15. The maximum atomic E-state index is 11.5. The number of nitrogens with zero attached hydrogens (tertiary/aromatic N) is 2. The van der Waals surface area contributed by atoms with Gasteiger partial charge in [-0.25, -0.2) is 4.98 Å². The summed E-state index contributed by atoms with van der Waals surface area (Å²) in [5.41, 5.74) is 4.28. The second-order valence-electron chi connectivity index (χ2n) is 5.72. The number of imidazole rings is 1. The number of aromatic amines is 1. The number of hydrogen-bond acceptors (Lipinski definition) is 3. The first-order valence-corrected chi connectivity index (χ1v) is 7.58. The van der Waals surface area contributed by atoms with Crippen molar-refractivity contribution >= 4 is 23.0 Å². The fourth-order valence-electron chi connectivity index (χ4n) is 3.43. The Morgan fingerprint density at radius 2 is 2.00 bits per heavy atom. The molecule has 0 spiro atoms. The molecule has 1 fully saturated rings. The number of aldehydes is 1. The zero-order valence-corrected chi connectivity index (χ0v) is 12.1. The Labute approximate surface area is 128 Å². The van der Waals surface area contributed by atoms with Crippen LogP contribution >= 0.6 is 0 Å². The number of nitrogens with one attached hydrogen (secondary N) is 1. The number of carbonyl (C=O) groups is 1. The molecule has 0 saturated carbocycles. The van der Waals surface area contributed by atoms with Crippen molar-refractivity contribution in [3.05, 3.63) is 60.4 Å². The fourth-order valence-corrected chi connectivity index (χ4v) is 3.43. The van der Waals surface area contributed by atoms with E-state index in [1.54, 1.807) is 6.33 Å². The van der Waals surface area contributed by atoms with Crippen molar-refractivity contribution in [1.82, 2.24) is 9.97 Å². The summed E-state index contributed by atoms with van der Waals surface area (Å²) in [5.74, 6) is 0. The van der Waals surface area contributed by atoms with Crippen molar-refractivity contribution in [2.75, 3.05) is 4.90 Å². The molecule has 3 aromatic rings. The van der Waals surface area contributed by atoms with Gasteiger partial charge in [0.05, 0.1) is 29.4 Å². The second-order valence-corrected chi connectivity index (χ2v) is 5.72. The lowest BCUT2D eigenvalue weighted by Gasteiger charge is -2.30. The highest BCUT2D eigenvalue weighted by Gasteiger charge is 2.34. The van der Waals surface area contributed by atoms with Crippen molar-refractivity contribution < 1.29 is 4.79 Å². The number of anilines is 1. The summed E-state index contributed by atoms with van der Waals surface area (Å²) in [4.78, 5) is 21.2. The Bertz CT molecular complexity index is 796. The highest BCUT2D eigenvalue weighted by molar-refractivity contribution is 5.81. The SMILES string of the molecule is O=CC1CCC(c2ccccc2)N1c1ccc2nc[nH]c2c1. The van der Waals surface area contributed by atoms with Gasteiger partial charge in [0.15, 0.2) is 0 Å². The Morgan fingerprint density at radius 1 is 1.14 bits per heavy atom. The van der Waals surface area contributed by atoms with Gasteiger partial charge in [-0.1, -0.05) is 30.3 Å². The molecule has 0 aliphatic carbocycles. The molecule has 2 aromatic carbocycles. The first-order chi connectivity index (χ1) is 10.9. The molecular formula is C18H17N3O. The van der Waals surface area contributed by atoms with E-state index in [0.717, 1.165) is 35.8 Å². The molecule has 2 heterocycles. The normalized spacial score (nSPS) is 21.4. The van der Waals surface area contributed by atoms with E-state index in [0.29, 0.717) is 0 Å². The van der Waals surface area contributed by atoms with Crippen molar-refractivity contribution in [2.45, 2.75) is 24.9 Å². The fraction of sp³-hybridized carbons (Fsp3) is 0.222. The lowest BCUT2D eigenvalue weighted by Crippen LogP contribution is -2.32. The highest BCUT2D eigenvalue weighted by Crippen LogP contribution is 2.39. The minimum Gasteiger partial charge on any atom is -0.355 e. The number of carbonyl (C=O) groups excluding carboxylic acids is 1. The third-order valence-corrected chi connectivity index (χ3v) is 4.47. The van der Waals surface area contributed by atoms with Gasteiger partial charge >= 0.3 is 0 Å². The van der Waals surface area contributed by atoms with Crippen LogP contribution in [-0.2, 0) is 4.79 Å². The molecule has 4 rings (SSSR count). The first kappa shape index (κ1) is 13.1. The summed E-state index contributed by atoms with van der Waals surface area (Å²) in [6.07, 6.45) is 4.66. The highest BCUT2D eigenvalue weighted by atomic mass is 16.1. The van der Waals surface area contributed by atoms with Crippen LogP contribution in [0.15, 0.2) is 54.9 Å². The van der Waals surface area contributed by atoms with Crippen LogP contribution < -0.4 is 4.90 Å². The molecule has 22 heavy (non-hydrogen) atoms. The number of hydrogen-bond donors (Lipinski definition) is 1. The summed E-state index contributed by atoms with van der Waals surface area (Å²) < 4.78 is 0. The molecular weight excluding hydrogens is 274 g/mol. The van der Waals surface area contributed by atoms with Crippen molar-refractivity contribution in [3.63, 3.8) is 0 Å². The predicted molar refractivity (Wildman–Crippen MR) is 86.8 cm³/mol. The van der Waals surface area contributed by atoms with Crippen LogP contribution in [0.3, 0.4) is 0 Å². The number of aromatic nitrogens is 2. The van der Waals surface area contributed by atoms with E-state index in [1.165, 1.54) is 5.56 Å². The average Bonchev–Trinajstić information content (AvgIpc) is 3.21. The Morgan fingerprint density at radius 3 is 2.82 bits per heavy atom. The van der Waals surface area contributed by atoms with Gasteiger partial charge in [-0.15, -0.1) is 0 Å². The van der Waals surface area contributed by atoms with E-state index < -0.39 is 0 Å². The summed E-state index contributed by atoms with van der Waals surface area (Å²) in [6, 6.07) is 16.7. The standard InChI is InChI=1S/C18H17N3O/c22-11-15-7-9-18(13-4-2-1-3-5-13)21(15)14-6-8-16-17(10-14)20-12-19-16/h1-6,8,10-12,15,18H,7,9H2,(H,19,20). The maximum Gasteiger partial charge on any atom is 0.142 e. The molecule has 4 nitrogen and oxygen atoms in total. The molecule has 4 heteroatoms. The van der Waals surface area contributed by atoms with Gasteiger partial charge in [-0.05, 0) is 36.6 Å². The summed E-state index contributed by atoms with van der Waals surface area (Å²) in [5, 5.41) is 0.